The minimum atomic E-state index is -0.637. The van der Waals surface area contributed by atoms with E-state index in [-0.39, 0.29) is 11.4 Å². The van der Waals surface area contributed by atoms with Gasteiger partial charge in [0, 0.05) is 18.4 Å². The molecule has 0 atom stereocenters. The lowest BCUT2D eigenvalue weighted by Crippen LogP contribution is -2.15. The molecule has 110 valence electrons. The lowest BCUT2D eigenvalue weighted by atomic mass is 10.1. The fraction of sp³-hybridized carbons (Fsp3) is 0.250. The molecule has 0 fully saturated rings. The van der Waals surface area contributed by atoms with E-state index in [1.807, 2.05) is 19.1 Å². The molecule has 2 rings (SSSR count). The Bertz CT molecular complexity index is 626. The summed E-state index contributed by atoms with van der Waals surface area (Å²) < 4.78 is 14.1. The number of benzene rings is 1. The maximum absolute atomic E-state index is 14.1. The van der Waals surface area contributed by atoms with Crippen LogP contribution in [0.2, 0.25) is 0 Å². The molecule has 1 aromatic heterocycles. The number of nitrogens with one attached hydrogen (secondary N) is 2. The van der Waals surface area contributed by atoms with Crippen LogP contribution in [0.25, 0.3) is 0 Å². The van der Waals surface area contributed by atoms with E-state index in [1.54, 1.807) is 12.1 Å². The molecule has 2 aromatic rings. The highest BCUT2D eigenvalue weighted by atomic mass is 19.1. The van der Waals surface area contributed by atoms with Crippen LogP contribution in [0.5, 0.6) is 0 Å². The Kier molecular flexibility index (Phi) is 4.87. The van der Waals surface area contributed by atoms with Crippen molar-refractivity contribution >= 4 is 17.4 Å². The maximum atomic E-state index is 14.1. The van der Waals surface area contributed by atoms with Crippen LogP contribution >= 0.6 is 0 Å². The highest BCUT2D eigenvalue weighted by Crippen LogP contribution is 2.17. The molecular weight excluding hydrogens is 269 g/mol. The predicted octanol–water partition coefficient (Wildman–Crippen LogP) is 3.47. The summed E-state index contributed by atoms with van der Waals surface area (Å²) in [4.78, 5) is 16.0. The van der Waals surface area contributed by atoms with Gasteiger partial charge >= 0.3 is 0 Å². The molecule has 2 N–H and O–H groups in total. The Hall–Kier alpha value is -2.43. The summed E-state index contributed by atoms with van der Waals surface area (Å²) in [7, 11) is 0. The molecule has 0 spiro atoms. The fourth-order valence-electron chi connectivity index (χ4n) is 1.93. The molecule has 21 heavy (non-hydrogen) atoms. The van der Waals surface area contributed by atoms with Crippen molar-refractivity contribution in [2.24, 2.45) is 0 Å². The number of amides is 1. The van der Waals surface area contributed by atoms with E-state index in [0.29, 0.717) is 12.2 Å². The van der Waals surface area contributed by atoms with Crippen LogP contribution in [-0.2, 0) is 6.42 Å². The van der Waals surface area contributed by atoms with Gasteiger partial charge < -0.3 is 10.6 Å². The van der Waals surface area contributed by atoms with E-state index in [2.05, 4.69) is 22.5 Å². The average Bonchev–Trinajstić information content (AvgIpc) is 2.50. The molecule has 0 radical (unpaired) electrons. The van der Waals surface area contributed by atoms with Gasteiger partial charge in [-0.1, -0.05) is 19.1 Å². The summed E-state index contributed by atoms with van der Waals surface area (Å²) in [5.74, 6) is -1.04. The summed E-state index contributed by atoms with van der Waals surface area (Å²) in [5.41, 5.74) is 1.79. The van der Waals surface area contributed by atoms with Gasteiger partial charge in [0.1, 0.15) is 0 Å². The second-order valence-corrected chi connectivity index (χ2v) is 4.56. The van der Waals surface area contributed by atoms with Gasteiger partial charge in [-0.2, -0.15) is 0 Å². The van der Waals surface area contributed by atoms with E-state index < -0.39 is 11.7 Å². The van der Waals surface area contributed by atoms with Crippen molar-refractivity contribution in [2.75, 3.05) is 17.2 Å². The minimum absolute atomic E-state index is 0.0273. The first-order chi connectivity index (χ1) is 10.2. The number of aryl methyl sites for hydroxylation is 1. The Morgan fingerprint density at radius 1 is 1.19 bits per heavy atom. The monoisotopic (exact) mass is 287 g/mol. The maximum Gasteiger partial charge on any atom is 0.258 e. The summed E-state index contributed by atoms with van der Waals surface area (Å²) in [5, 5.41) is 5.47. The number of rotatable bonds is 5. The highest BCUT2D eigenvalue weighted by molar-refractivity contribution is 6.04. The molecule has 1 heterocycles. The number of hydrogen-bond donors (Lipinski definition) is 2. The number of aromatic nitrogens is 1. The van der Waals surface area contributed by atoms with E-state index in [9.17, 15) is 9.18 Å². The van der Waals surface area contributed by atoms with Gasteiger partial charge in [0.25, 0.3) is 5.91 Å². The highest BCUT2D eigenvalue weighted by Gasteiger charge is 2.15. The van der Waals surface area contributed by atoms with Crippen LogP contribution < -0.4 is 10.6 Å². The van der Waals surface area contributed by atoms with Crippen molar-refractivity contribution in [3.05, 3.63) is 53.5 Å². The van der Waals surface area contributed by atoms with E-state index in [1.165, 1.54) is 17.8 Å². The molecule has 0 saturated carbocycles. The van der Waals surface area contributed by atoms with Crippen LogP contribution in [0, 0.1) is 5.82 Å². The molecule has 0 aliphatic carbocycles. The number of pyridine rings is 1. The van der Waals surface area contributed by atoms with Crippen LogP contribution in [0.4, 0.5) is 15.9 Å². The van der Waals surface area contributed by atoms with Gasteiger partial charge in [-0.05, 0) is 37.1 Å². The van der Waals surface area contributed by atoms with Gasteiger partial charge in [0.05, 0.1) is 5.56 Å². The van der Waals surface area contributed by atoms with Crippen molar-refractivity contribution in [3.63, 3.8) is 0 Å². The molecule has 1 amide bonds. The number of halogens is 1. The predicted molar refractivity (Wildman–Crippen MR) is 82.1 cm³/mol. The average molecular weight is 287 g/mol. The molecule has 0 aliphatic rings. The SMILES string of the molecule is CCNc1nccc(C(=O)Nc2ccc(CC)cc2)c1F. The van der Waals surface area contributed by atoms with Crippen LogP contribution in [0.15, 0.2) is 36.5 Å². The standard InChI is InChI=1S/C16H18FN3O/c1-3-11-5-7-12(8-6-11)20-16(21)13-9-10-19-15(14(13)17)18-4-2/h5-10H,3-4H2,1-2H3,(H,18,19)(H,20,21). The zero-order chi connectivity index (χ0) is 15.2. The third kappa shape index (κ3) is 3.56. The Morgan fingerprint density at radius 3 is 2.52 bits per heavy atom. The normalized spacial score (nSPS) is 10.2. The summed E-state index contributed by atoms with van der Waals surface area (Å²) in [6.45, 7) is 4.43. The van der Waals surface area contributed by atoms with Gasteiger partial charge in [0.15, 0.2) is 11.6 Å². The smallest absolute Gasteiger partial charge is 0.258 e. The quantitative estimate of drug-likeness (QED) is 0.885. The molecule has 4 nitrogen and oxygen atoms in total. The second-order valence-electron chi connectivity index (χ2n) is 4.56. The second kappa shape index (κ2) is 6.83. The third-order valence-corrected chi connectivity index (χ3v) is 3.10. The zero-order valence-corrected chi connectivity index (χ0v) is 12.1. The minimum Gasteiger partial charge on any atom is -0.368 e. The number of carbonyl (C=O) groups is 1. The molecule has 0 bridgehead atoms. The van der Waals surface area contributed by atoms with Crippen molar-refractivity contribution in [2.45, 2.75) is 20.3 Å². The number of anilines is 2. The first-order valence-electron chi connectivity index (χ1n) is 6.94. The zero-order valence-electron chi connectivity index (χ0n) is 12.1. The Labute approximate surface area is 123 Å². The third-order valence-electron chi connectivity index (χ3n) is 3.10. The molecule has 0 unspecified atom stereocenters. The van der Waals surface area contributed by atoms with Gasteiger partial charge in [0.2, 0.25) is 0 Å². The molecule has 0 saturated heterocycles. The summed E-state index contributed by atoms with van der Waals surface area (Å²) in [6, 6.07) is 8.85. The van der Waals surface area contributed by atoms with Gasteiger partial charge in [-0.3, -0.25) is 4.79 Å². The number of carbonyl (C=O) groups excluding carboxylic acids is 1. The van der Waals surface area contributed by atoms with Crippen molar-refractivity contribution in [3.8, 4) is 0 Å². The Balaban J connectivity index is 2.17. The topological polar surface area (TPSA) is 54.0 Å². The van der Waals surface area contributed by atoms with E-state index >= 15 is 0 Å². The van der Waals surface area contributed by atoms with Crippen molar-refractivity contribution < 1.29 is 9.18 Å². The Morgan fingerprint density at radius 2 is 1.90 bits per heavy atom. The van der Waals surface area contributed by atoms with Gasteiger partial charge in [-0.15, -0.1) is 0 Å². The van der Waals surface area contributed by atoms with Crippen molar-refractivity contribution in [1.29, 1.82) is 0 Å². The summed E-state index contributed by atoms with van der Waals surface area (Å²) in [6.07, 6.45) is 2.34. The van der Waals surface area contributed by atoms with Crippen molar-refractivity contribution in [1.82, 2.24) is 4.98 Å². The van der Waals surface area contributed by atoms with Crippen LogP contribution in [-0.4, -0.2) is 17.4 Å². The van der Waals surface area contributed by atoms with Crippen LogP contribution in [0.1, 0.15) is 29.8 Å². The number of hydrogen-bond acceptors (Lipinski definition) is 3. The van der Waals surface area contributed by atoms with Gasteiger partial charge in [-0.25, -0.2) is 9.37 Å². The first-order valence-corrected chi connectivity index (χ1v) is 6.94. The van der Waals surface area contributed by atoms with E-state index in [4.69, 9.17) is 0 Å². The molecular formula is C16H18FN3O. The lowest BCUT2D eigenvalue weighted by Gasteiger charge is -2.09. The van der Waals surface area contributed by atoms with E-state index in [0.717, 1.165) is 6.42 Å². The molecule has 1 aromatic carbocycles. The van der Waals surface area contributed by atoms with Crippen LogP contribution in [0.3, 0.4) is 0 Å². The first kappa shape index (κ1) is 15.0. The summed E-state index contributed by atoms with van der Waals surface area (Å²) >= 11 is 0. The molecule has 5 heteroatoms. The number of nitrogens with zero attached hydrogens (tertiary/aromatic N) is 1. The fourth-order valence-corrected chi connectivity index (χ4v) is 1.93. The molecule has 0 aliphatic heterocycles. The lowest BCUT2D eigenvalue weighted by molar-refractivity contribution is 0.102. The largest absolute Gasteiger partial charge is 0.368 e.